The molecule has 0 spiro atoms. The number of amides is 18. The molecular formula is C86H148N18O23. The first-order valence-electron chi connectivity index (χ1n) is 44.4. The Bertz CT molecular complexity index is 3720. The minimum atomic E-state index is -2.11. The lowest BCUT2D eigenvalue weighted by molar-refractivity contribution is -0.152. The van der Waals surface area contributed by atoms with Crippen molar-refractivity contribution in [2.24, 2.45) is 70.3 Å². The molecule has 24 N–H and O–H groups in total. The minimum absolute atomic E-state index is 0.0208. The zero-order valence-corrected chi connectivity index (χ0v) is 77.2. The number of esters is 1. The van der Waals surface area contributed by atoms with Crippen molar-refractivity contribution in [3.63, 3.8) is 0 Å². The summed E-state index contributed by atoms with van der Waals surface area (Å²) in [4.78, 5) is 280. The Morgan fingerprint density at radius 1 is 0.425 bits per heavy atom. The maximum absolute atomic E-state index is 15.1. The molecule has 0 aromatic heterocycles. The molecule has 41 nitrogen and oxygen atoms in total. The summed E-state index contributed by atoms with van der Waals surface area (Å²) in [5, 5.41) is 56.1. The summed E-state index contributed by atoms with van der Waals surface area (Å²) in [5.41, 5.74) is 22.2. The number of carboxylic acids is 1. The number of nitrogens with one attached hydrogen (secondary N) is 14. The lowest BCUT2D eigenvalue weighted by atomic mass is 9.97. The lowest BCUT2D eigenvalue weighted by Crippen LogP contribution is -2.62. The first-order chi connectivity index (χ1) is 59.3. The Balaban J connectivity index is 4.21. The molecule has 1 rings (SSSR count). The number of aliphatic hydroxyl groups excluding tert-OH is 1. The fourth-order valence-corrected chi connectivity index (χ4v) is 13.5. The summed E-state index contributed by atoms with van der Waals surface area (Å²) in [6.45, 7) is 27.2. The van der Waals surface area contributed by atoms with Crippen LogP contribution in [0.1, 0.15) is 265 Å². The number of allylic oxidation sites excluding steroid dienone is 1. The molecule has 0 saturated carbocycles. The van der Waals surface area contributed by atoms with Crippen LogP contribution >= 0.6 is 0 Å². The number of carboxylic acid groups (broad SMARTS) is 1. The van der Waals surface area contributed by atoms with Crippen molar-refractivity contribution in [1.29, 1.82) is 0 Å². The molecule has 1 aliphatic rings. The number of carbonyl (C=O) groups excluding carboxylic acids is 19. The molecular weight excluding hydrogens is 1650 g/mol. The Kier molecular flexibility index (Phi) is 53.2. The van der Waals surface area contributed by atoms with Crippen molar-refractivity contribution >= 4 is 118 Å². The zero-order chi connectivity index (χ0) is 96.8. The van der Waals surface area contributed by atoms with Gasteiger partial charge in [-0.15, -0.1) is 0 Å². The highest BCUT2D eigenvalue weighted by atomic mass is 16.5. The number of primary amides is 4. The fourth-order valence-electron chi connectivity index (χ4n) is 13.5. The number of nitrogens with two attached hydrogens (primary N) is 4. The van der Waals surface area contributed by atoms with Gasteiger partial charge in [-0.2, -0.15) is 0 Å². The fraction of sp³-hybridized carbons (Fsp3) is 0.744. The minimum Gasteiger partial charge on any atom is -0.481 e. The van der Waals surface area contributed by atoms with Crippen molar-refractivity contribution in [2.75, 3.05) is 6.61 Å². The Labute approximate surface area is 745 Å². The quantitative estimate of drug-likeness (QED) is 0.0208. The summed E-state index contributed by atoms with van der Waals surface area (Å²) in [7, 11) is 0. The van der Waals surface area contributed by atoms with Crippen LogP contribution in [0.25, 0.3) is 0 Å². The Morgan fingerprint density at radius 2 is 0.811 bits per heavy atom. The van der Waals surface area contributed by atoms with Crippen LogP contribution in [-0.4, -0.2) is 226 Å². The van der Waals surface area contributed by atoms with Gasteiger partial charge in [0, 0.05) is 32.1 Å². The van der Waals surface area contributed by atoms with E-state index in [9.17, 15) is 96.5 Å². The highest BCUT2D eigenvalue weighted by molar-refractivity contribution is 6.01. The van der Waals surface area contributed by atoms with E-state index in [1.807, 2.05) is 6.08 Å². The van der Waals surface area contributed by atoms with Crippen LogP contribution in [0.5, 0.6) is 0 Å². The maximum atomic E-state index is 15.1. The molecule has 1 fully saturated rings. The summed E-state index contributed by atoms with van der Waals surface area (Å²) < 4.78 is 5.80. The van der Waals surface area contributed by atoms with E-state index in [-0.39, 0.29) is 75.0 Å². The zero-order valence-electron chi connectivity index (χ0n) is 77.2. The average Bonchev–Trinajstić information content (AvgIpc) is 1.22. The molecule has 0 aromatic rings. The molecule has 0 radical (unpaired) electrons. The van der Waals surface area contributed by atoms with Gasteiger partial charge in [-0.05, 0) is 131 Å². The second-order valence-electron chi connectivity index (χ2n) is 35.7. The second-order valence-corrected chi connectivity index (χ2v) is 35.7. The van der Waals surface area contributed by atoms with E-state index < -0.39 is 303 Å². The van der Waals surface area contributed by atoms with E-state index in [1.165, 1.54) is 34.6 Å². The molecule has 0 unspecified atom stereocenters. The van der Waals surface area contributed by atoms with Crippen molar-refractivity contribution < 1.29 is 111 Å². The van der Waals surface area contributed by atoms with Crippen LogP contribution in [0.4, 0.5) is 0 Å². The molecule has 1 aliphatic heterocycles. The van der Waals surface area contributed by atoms with Gasteiger partial charge in [0.25, 0.3) is 0 Å². The number of aliphatic hydroxyl groups is 1. The van der Waals surface area contributed by atoms with Gasteiger partial charge in [0.05, 0.1) is 12.5 Å². The molecule has 41 heteroatoms. The summed E-state index contributed by atoms with van der Waals surface area (Å²) in [5.74, 6) is -25.2. The molecule has 18 amide bonds. The number of hydrogen-bond acceptors (Lipinski definition) is 22. The summed E-state index contributed by atoms with van der Waals surface area (Å²) >= 11 is 0. The number of ether oxygens (including phenoxy) is 1. The third-order valence-electron chi connectivity index (χ3n) is 20.8. The van der Waals surface area contributed by atoms with Crippen molar-refractivity contribution in [1.82, 2.24) is 74.4 Å². The molecule has 720 valence electrons. The summed E-state index contributed by atoms with van der Waals surface area (Å²) in [6.07, 6.45) is 1.49. The maximum Gasteiger partial charge on any atom is 0.329 e. The first-order valence-corrected chi connectivity index (χ1v) is 44.4. The van der Waals surface area contributed by atoms with Crippen LogP contribution < -0.4 is 97.4 Å². The van der Waals surface area contributed by atoms with Gasteiger partial charge in [0.15, 0.2) is 0 Å². The number of rotatable bonds is 51. The SMILES string of the molecule is CCCCCC/C=C\C[C@H](O)CC(=O)N[C@H](CC(C)C)C(=O)N[C@@H](CCC(=O)O)C(=O)N[C@@H](CCC(N)=O)C(=O)N[C@@H](C(=O)N[C@@H](CC(C)C)C(=O)N[C@@H](CCC(N)=O)C(=O)N[C@H]1COC(=O)[C@@H]([C@H](C)CC)NC(=O)[C@H](CCC(N)=O)NC(=O)[C@@H](CC(C)C)NC(=O)[C@@H](CC(C)C)NC(=O)[C@@H](CCC(N)=O)NC(=O)[C@@H](CC(C)C)NC(=O)[C@@H](C(C)C)NC1=O)C(C)C. The third kappa shape index (κ3) is 46.4. The summed E-state index contributed by atoms with van der Waals surface area (Å²) in [6, 6.07) is -23.0. The third-order valence-corrected chi connectivity index (χ3v) is 20.8. The van der Waals surface area contributed by atoms with Gasteiger partial charge in [-0.25, -0.2) is 4.79 Å². The van der Waals surface area contributed by atoms with E-state index in [0.29, 0.717) is 0 Å². The smallest absolute Gasteiger partial charge is 0.329 e. The van der Waals surface area contributed by atoms with Crippen molar-refractivity contribution in [3.05, 3.63) is 12.2 Å². The van der Waals surface area contributed by atoms with E-state index in [4.69, 9.17) is 27.7 Å². The molecule has 1 heterocycles. The predicted molar refractivity (Wildman–Crippen MR) is 468 cm³/mol. The van der Waals surface area contributed by atoms with Crippen LogP contribution in [-0.2, 0) is 101 Å². The van der Waals surface area contributed by atoms with Crippen LogP contribution in [0, 0.1) is 47.3 Å². The Morgan fingerprint density at radius 3 is 1.22 bits per heavy atom. The first kappa shape index (κ1) is 114. The van der Waals surface area contributed by atoms with Crippen LogP contribution in [0.15, 0.2) is 12.2 Å². The van der Waals surface area contributed by atoms with Gasteiger partial charge < -0.3 is 112 Å². The van der Waals surface area contributed by atoms with Gasteiger partial charge >= 0.3 is 11.9 Å². The predicted octanol–water partition coefficient (Wildman–Crippen LogP) is -0.486. The second kappa shape index (κ2) is 59.2. The van der Waals surface area contributed by atoms with E-state index in [0.717, 1.165) is 32.1 Å². The number of hydrogen-bond donors (Lipinski definition) is 20. The molecule has 0 bridgehead atoms. The Hall–Kier alpha value is -10.9. The monoisotopic (exact) mass is 1800 g/mol. The highest BCUT2D eigenvalue weighted by Gasteiger charge is 2.42. The molecule has 1 saturated heterocycles. The molecule has 0 aliphatic carbocycles. The number of unbranched alkanes of at least 4 members (excludes halogenated alkanes) is 4. The normalized spacial score (nSPS) is 20.5. The number of cyclic esters (lactones) is 1. The number of carbonyl (C=O) groups is 20. The van der Waals surface area contributed by atoms with Crippen molar-refractivity contribution in [2.45, 2.75) is 356 Å². The largest absolute Gasteiger partial charge is 0.481 e. The molecule has 127 heavy (non-hydrogen) atoms. The topological polar surface area (TPSA) is 664 Å². The average molecular weight is 1800 g/mol. The molecule has 0 aromatic carbocycles. The van der Waals surface area contributed by atoms with Gasteiger partial charge in [0.1, 0.15) is 91.2 Å². The van der Waals surface area contributed by atoms with E-state index in [2.05, 4.69) is 81.4 Å². The lowest BCUT2D eigenvalue weighted by Gasteiger charge is -2.30. The molecule has 16 atom stereocenters. The number of aliphatic carboxylic acids is 1. The van der Waals surface area contributed by atoms with Crippen molar-refractivity contribution in [3.8, 4) is 0 Å². The standard InChI is InChI=1S/C86H148N18O23/c1-18-20-21-22-23-24-25-26-52(105)42-68(110)91-58(37-44(3)4)78(118)96-57(31-36-69(111)112)73(113)92-55(29-34-66(89)108)76(116)102-70(49(13)14)84(124)99-62(41-48(11)12)81(121)94-54(28-33-65(88)107)75(115)101-63-43-127-86(126)72(51(17)19-2)104-77(117)56(30-35-67(90)109)95-79(119)59(38-45(5)6)98-82(122)60(39-46(7)8)97-74(114)53(27-32-64(87)106)93-80(120)61(40-47(9)10)100-85(125)71(50(15)16)103-83(63)123/h24-25,44-63,70-72,105H,18-23,26-43H2,1-17H3,(H2,87,106)(H2,88,107)(H2,89,108)(H2,90,109)(H,91,110)(H,92,113)(H,93,120)(H,94,121)(H,95,119)(H,96,118)(H,97,114)(H,98,122)(H,99,124)(H,100,125)(H,101,115)(H,102,116)(H,103,123)(H,104,117)(H,111,112)/b25-24-/t51-,52+,53-,54+,55+,56+,57+,58-,59-,60-,61-,62+,63+,70-,71-,72-/m1/s1. The highest BCUT2D eigenvalue weighted by Crippen LogP contribution is 2.19. The van der Waals surface area contributed by atoms with Crippen LogP contribution in [0.2, 0.25) is 0 Å². The van der Waals surface area contributed by atoms with Gasteiger partial charge in [0.2, 0.25) is 106 Å². The van der Waals surface area contributed by atoms with Crippen LogP contribution in [0.3, 0.4) is 0 Å². The van der Waals surface area contributed by atoms with E-state index >= 15 is 9.59 Å². The van der Waals surface area contributed by atoms with Gasteiger partial charge in [-0.3, -0.25) is 91.1 Å². The van der Waals surface area contributed by atoms with E-state index in [1.54, 1.807) is 82.2 Å². The van der Waals surface area contributed by atoms with Gasteiger partial charge in [-0.1, -0.05) is 156 Å².